The van der Waals surface area contributed by atoms with Crippen LogP contribution in [0.25, 0.3) is 0 Å². The highest BCUT2D eigenvalue weighted by Gasteiger charge is 2.14. The summed E-state index contributed by atoms with van der Waals surface area (Å²) in [5, 5.41) is 3.03. The van der Waals surface area contributed by atoms with Gasteiger partial charge in [-0.05, 0) is 51.1 Å². The fourth-order valence-electron chi connectivity index (χ4n) is 2.26. The third kappa shape index (κ3) is 4.92. The molecule has 118 valence electrons. The van der Waals surface area contributed by atoms with E-state index >= 15 is 0 Å². The fraction of sp³-hybridized carbons (Fsp3) is 0.353. The predicted octanol–water partition coefficient (Wildman–Crippen LogP) is 5.02. The van der Waals surface area contributed by atoms with Gasteiger partial charge < -0.3 is 9.73 Å². The monoisotopic (exact) mass is 381 g/mol. The Morgan fingerprint density at radius 1 is 1.32 bits per heavy atom. The number of hydrogen-bond acceptors (Lipinski definition) is 3. The van der Waals surface area contributed by atoms with Gasteiger partial charge in [-0.15, -0.1) is 11.8 Å². The van der Waals surface area contributed by atoms with Crippen LogP contribution in [0.1, 0.15) is 36.5 Å². The quantitative estimate of drug-likeness (QED) is 0.714. The lowest BCUT2D eigenvalue weighted by atomic mass is 10.1. The molecule has 3 nitrogen and oxygen atoms in total. The third-order valence-corrected chi connectivity index (χ3v) is 4.88. The van der Waals surface area contributed by atoms with E-state index < -0.39 is 0 Å². The summed E-state index contributed by atoms with van der Waals surface area (Å²) in [6.07, 6.45) is 0.501. The summed E-state index contributed by atoms with van der Waals surface area (Å²) in [5.41, 5.74) is 1.05. The Morgan fingerprint density at radius 3 is 2.59 bits per heavy atom. The summed E-state index contributed by atoms with van der Waals surface area (Å²) in [6, 6.07) is 10.1. The molecule has 0 saturated carbocycles. The predicted molar refractivity (Wildman–Crippen MR) is 94.2 cm³/mol. The zero-order chi connectivity index (χ0) is 16.1. The molecule has 0 saturated heterocycles. The van der Waals surface area contributed by atoms with Crippen molar-refractivity contribution in [2.24, 2.45) is 0 Å². The average molecular weight is 382 g/mol. The summed E-state index contributed by atoms with van der Waals surface area (Å²) < 4.78 is 6.57. The van der Waals surface area contributed by atoms with E-state index in [1.807, 2.05) is 51.1 Å². The molecule has 0 aliphatic heterocycles. The fourth-order valence-corrected chi connectivity index (χ4v) is 3.38. The van der Waals surface area contributed by atoms with E-state index in [4.69, 9.17) is 4.42 Å². The van der Waals surface area contributed by atoms with E-state index in [9.17, 15) is 4.79 Å². The summed E-state index contributed by atoms with van der Waals surface area (Å²) in [6.45, 7) is 5.82. The number of rotatable bonds is 6. The van der Waals surface area contributed by atoms with Gasteiger partial charge in [-0.3, -0.25) is 4.79 Å². The smallest absolute Gasteiger partial charge is 0.221 e. The minimum absolute atomic E-state index is 0.0253. The normalized spacial score (nSPS) is 12.2. The van der Waals surface area contributed by atoms with E-state index in [2.05, 4.69) is 21.2 Å². The molecular weight excluding hydrogens is 362 g/mol. The van der Waals surface area contributed by atoms with Crippen LogP contribution in [0, 0.1) is 13.8 Å². The third-order valence-electron chi connectivity index (χ3n) is 3.33. The molecule has 1 aromatic carbocycles. The first-order valence-electron chi connectivity index (χ1n) is 7.20. The Balaban J connectivity index is 1.78. The lowest BCUT2D eigenvalue weighted by molar-refractivity contribution is -0.121. The molecule has 5 heteroatoms. The molecule has 0 spiro atoms. The molecular formula is C17H20BrNO2S. The number of nitrogens with one attached hydrogen (secondary N) is 1. The van der Waals surface area contributed by atoms with Crippen LogP contribution in [-0.2, 0) is 4.79 Å². The number of thioether (sulfide) groups is 1. The van der Waals surface area contributed by atoms with E-state index in [1.165, 1.54) is 4.90 Å². The molecule has 0 bridgehead atoms. The summed E-state index contributed by atoms with van der Waals surface area (Å²) in [5.74, 6) is 2.58. The maximum atomic E-state index is 12.0. The van der Waals surface area contributed by atoms with Gasteiger partial charge in [0.25, 0.3) is 0 Å². The van der Waals surface area contributed by atoms with Crippen LogP contribution in [-0.4, -0.2) is 11.7 Å². The van der Waals surface area contributed by atoms with Crippen molar-refractivity contribution in [3.8, 4) is 0 Å². The van der Waals surface area contributed by atoms with Gasteiger partial charge in [-0.25, -0.2) is 0 Å². The van der Waals surface area contributed by atoms with E-state index in [1.54, 1.807) is 11.8 Å². The molecule has 1 heterocycles. The lowest BCUT2D eigenvalue weighted by Crippen LogP contribution is -2.26. The van der Waals surface area contributed by atoms with Crippen LogP contribution in [0.3, 0.4) is 0 Å². The van der Waals surface area contributed by atoms with Crippen LogP contribution >= 0.6 is 27.7 Å². The Bertz CT molecular complexity index is 637. The van der Waals surface area contributed by atoms with Crippen molar-refractivity contribution in [3.63, 3.8) is 0 Å². The van der Waals surface area contributed by atoms with Crippen LogP contribution in [0.2, 0.25) is 0 Å². The molecule has 1 N–H and O–H groups in total. The van der Waals surface area contributed by atoms with Crippen molar-refractivity contribution in [1.82, 2.24) is 5.32 Å². The van der Waals surface area contributed by atoms with Gasteiger partial charge in [0.05, 0.1) is 6.04 Å². The van der Waals surface area contributed by atoms with Crippen LogP contribution in [0.4, 0.5) is 0 Å². The number of carbonyl (C=O) groups is 1. The zero-order valence-corrected chi connectivity index (χ0v) is 15.4. The van der Waals surface area contributed by atoms with Crippen LogP contribution in [0.5, 0.6) is 0 Å². The van der Waals surface area contributed by atoms with Crippen molar-refractivity contribution in [1.29, 1.82) is 0 Å². The summed E-state index contributed by atoms with van der Waals surface area (Å²) in [4.78, 5) is 13.2. The molecule has 1 aromatic heterocycles. The lowest BCUT2D eigenvalue weighted by Gasteiger charge is -2.13. The molecule has 2 aromatic rings. The second-order valence-electron chi connectivity index (χ2n) is 5.21. The molecule has 0 fully saturated rings. The number of carbonyl (C=O) groups excluding carboxylic acids is 1. The standard InChI is InChI=1S/C17H20BrNO2S/c1-11-10-16(13(3)21-11)12(2)19-17(20)8-9-22-15-6-4-14(18)5-7-15/h4-7,10,12H,8-9H2,1-3H3,(H,19,20). The van der Waals surface area contributed by atoms with Crippen molar-refractivity contribution in [2.75, 3.05) is 5.75 Å². The minimum atomic E-state index is -0.0253. The van der Waals surface area contributed by atoms with Crippen molar-refractivity contribution < 1.29 is 9.21 Å². The zero-order valence-electron chi connectivity index (χ0n) is 13.0. The molecule has 1 atom stereocenters. The van der Waals surface area contributed by atoms with Crippen molar-refractivity contribution >= 4 is 33.6 Å². The molecule has 1 unspecified atom stereocenters. The van der Waals surface area contributed by atoms with Gasteiger partial charge in [0, 0.05) is 27.1 Å². The van der Waals surface area contributed by atoms with E-state index in [-0.39, 0.29) is 11.9 Å². The first-order valence-corrected chi connectivity index (χ1v) is 8.98. The first kappa shape index (κ1) is 17.2. The van der Waals surface area contributed by atoms with Gasteiger partial charge >= 0.3 is 0 Å². The molecule has 2 rings (SSSR count). The number of aryl methyl sites for hydroxylation is 2. The van der Waals surface area contributed by atoms with Crippen molar-refractivity contribution in [2.45, 2.75) is 38.1 Å². The van der Waals surface area contributed by atoms with Gasteiger partial charge in [0.1, 0.15) is 11.5 Å². The van der Waals surface area contributed by atoms with Crippen LogP contribution < -0.4 is 5.32 Å². The molecule has 0 aliphatic rings. The van der Waals surface area contributed by atoms with E-state index in [0.29, 0.717) is 6.42 Å². The maximum absolute atomic E-state index is 12.0. The first-order chi connectivity index (χ1) is 10.5. The Hall–Kier alpha value is -1.20. The van der Waals surface area contributed by atoms with Crippen molar-refractivity contribution in [3.05, 3.63) is 51.9 Å². The number of amides is 1. The highest BCUT2D eigenvalue weighted by atomic mass is 79.9. The second-order valence-corrected chi connectivity index (χ2v) is 7.29. The second kappa shape index (κ2) is 7.88. The highest BCUT2D eigenvalue weighted by Crippen LogP contribution is 2.23. The topological polar surface area (TPSA) is 42.2 Å². The summed E-state index contributed by atoms with van der Waals surface area (Å²) in [7, 11) is 0. The number of halogens is 1. The Labute approximate surface area is 144 Å². The molecule has 22 heavy (non-hydrogen) atoms. The number of benzene rings is 1. The SMILES string of the molecule is Cc1cc(C(C)NC(=O)CCSc2ccc(Br)cc2)c(C)o1. The number of furan rings is 1. The Kier molecular flexibility index (Phi) is 6.15. The molecule has 0 radical (unpaired) electrons. The van der Waals surface area contributed by atoms with Gasteiger partial charge in [0.2, 0.25) is 5.91 Å². The number of hydrogen-bond donors (Lipinski definition) is 1. The highest BCUT2D eigenvalue weighted by molar-refractivity contribution is 9.10. The largest absolute Gasteiger partial charge is 0.466 e. The molecule has 1 amide bonds. The average Bonchev–Trinajstić information content (AvgIpc) is 2.80. The maximum Gasteiger partial charge on any atom is 0.221 e. The summed E-state index contributed by atoms with van der Waals surface area (Å²) >= 11 is 5.10. The van der Waals surface area contributed by atoms with Crippen LogP contribution in [0.15, 0.2) is 44.1 Å². The van der Waals surface area contributed by atoms with E-state index in [0.717, 1.165) is 27.3 Å². The van der Waals surface area contributed by atoms with Gasteiger partial charge in [-0.1, -0.05) is 15.9 Å². The van der Waals surface area contributed by atoms with Gasteiger partial charge in [-0.2, -0.15) is 0 Å². The minimum Gasteiger partial charge on any atom is -0.466 e. The van der Waals surface area contributed by atoms with Gasteiger partial charge in [0.15, 0.2) is 0 Å². The molecule has 0 aliphatic carbocycles. The Morgan fingerprint density at radius 2 is 2.00 bits per heavy atom.